The predicted octanol–water partition coefficient (Wildman–Crippen LogP) is 3.55. The van der Waals surface area contributed by atoms with Gasteiger partial charge in [-0.1, -0.05) is 33.8 Å². The van der Waals surface area contributed by atoms with Crippen LogP contribution in [0.25, 0.3) is 0 Å². The van der Waals surface area contributed by atoms with Crippen molar-refractivity contribution >= 4 is 6.29 Å². The van der Waals surface area contributed by atoms with Crippen molar-refractivity contribution in [2.45, 2.75) is 59.8 Å². The van der Waals surface area contributed by atoms with Crippen molar-refractivity contribution < 1.29 is 4.79 Å². The normalized spacial score (nSPS) is 8.63. The first-order valence-corrected chi connectivity index (χ1v) is 7.70. The molecule has 2 N–H and O–H groups in total. The van der Waals surface area contributed by atoms with E-state index in [-0.39, 0.29) is 0 Å². The Hall–Kier alpha value is -0.670. The molecule has 0 aromatic rings. The van der Waals surface area contributed by atoms with Crippen LogP contribution < -0.4 is 10.6 Å². The zero-order valence-corrected chi connectivity index (χ0v) is 13.6. The van der Waals surface area contributed by atoms with Crippen LogP contribution in [0.5, 0.6) is 0 Å². The van der Waals surface area contributed by atoms with E-state index >= 15 is 0 Å². The van der Waals surface area contributed by atoms with Crippen LogP contribution in [0.4, 0.5) is 0 Å². The fourth-order valence-corrected chi connectivity index (χ4v) is 0.942. The Morgan fingerprint density at radius 2 is 1.21 bits per heavy atom. The predicted molar refractivity (Wildman–Crippen MR) is 87.8 cm³/mol. The maximum absolute atomic E-state index is 9.17. The van der Waals surface area contributed by atoms with E-state index < -0.39 is 0 Å². The van der Waals surface area contributed by atoms with Gasteiger partial charge in [-0.05, 0) is 51.9 Å². The summed E-state index contributed by atoms with van der Waals surface area (Å²) < 4.78 is 0. The number of carbonyl (C=O) groups excluding carboxylic acids is 1. The van der Waals surface area contributed by atoms with Gasteiger partial charge in [0.1, 0.15) is 6.29 Å². The van der Waals surface area contributed by atoms with Crippen molar-refractivity contribution in [2.75, 3.05) is 26.2 Å². The Kier molecular flexibility index (Phi) is 37.5. The maximum Gasteiger partial charge on any atom is 0.119 e. The van der Waals surface area contributed by atoms with E-state index in [4.69, 9.17) is 0 Å². The minimum Gasteiger partial charge on any atom is -0.317 e. The van der Waals surface area contributed by atoms with E-state index in [1.165, 1.54) is 19.3 Å². The molecule has 19 heavy (non-hydrogen) atoms. The number of rotatable bonds is 10. The topological polar surface area (TPSA) is 41.1 Å². The monoisotopic (exact) mass is 272 g/mol. The van der Waals surface area contributed by atoms with E-state index in [1.807, 2.05) is 13.0 Å². The Bertz CT molecular complexity index is 134. The van der Waals surface area contributed by atoms with Crippen LogP contribution in [0.15, 0.2) is 12.7 Å². The molecule has 0 aromatic carbocycles. The van der Waals surface area contributed by atoms with Crippen molar-refractivity contribution in [3.05, 3.63) is 12.7 Å². The number of nitrogens with one attached hydrogen (secondary N) is 2. The second kappa shape index (κ2) is 30.4. The van der Waals surface area contributed by atoms with Gasteiger partial charge in [0.2, 0.25) is 0 Å². The summed E-state index contributed by atoms with van der Waals surface area (Å²) in [6.45, 7) is 16.4. The molecular weight excluding hydrogens is 236 g/mol. The SMILES string of the molecule is C=CCC.CCC=O.CCCNCCCNCCC. The molecule has 0 heterocycles. The molecule has 0 fully saturated rings. The smallest absolute Gasteiger partial charge is 0.119 e. The van der Waals surface area contributed by atoms with E-state index in [0.717, 1.165) is 38.9 Å². The first-order chi connectivity index (χ1) is 9.24. The third kappa shape index (κ3) is 46.8. The van der Waals surface area contributed by atoms with Crippen molar-refractivity contribution in [1.29, 1.82) is 0 Å². The molecular formula is C16H36N2O. The highest BCUT2D eigenvalue weighted by Crippen LogP contribution is 1.76. The van der Waals surface area contributed by atoms with Gasteiger partial charge in [0.05, 0.1) is 0 Å². The molecule has 0 spiro atoms. The zero-order valence-electron chi connectivity index (χ0n) is 13.6. The molecule has 0 radical (unpaired) electrons. The summed E-state index contributed by atoms with van der Waals surface area (Å²) in [5.41, 5.74) is 0. The third-order valence-corrected chi connectivity index (χ3v) is 2.02. The highest BCUT2D eigenvalue weighted by molar-refractivity contribution is 5.48. The molecule has 0 saturated heterocycles. The number of allylic oxidation sites excluding steroid dienone is 1. The molecule has 0 unspecified atom stereocenters. The van der Waals surface area contributed by atoms with Gasteiger partial charge in [0, 0.05) is 6.42 Å². The van der Waals surface area contributed by atoms with Crippen LogP contribution in [-0.4, -0.2) is 32.5 Å². The first kappa shape index (κ1) is 23.4. The Morgan fingerprint density at radius 3 is 1.42 bits per heavy atom. The molecule has 3 heteroatoms. The van der Waals surface area contributed by atoms with Crippen molar-refractivity contribution in [3.8, 4) is 0 Å². The third-order valence-electron chi connectivity index (χ3n) is 2.02. The second-order valence-corrected chi connectivity index (χ2v) is 4.13. The molecule has 0 amide bonds. The average molecular weight is 272 g/mol. The van der Waals surface area contributed by atoms with E-state index in [0.29, 0.717) is 6.42 Å². The number of carbonyl (C=O) groups is 1. The Balaban J connectivity index is -0.000000264. The lowest BCUT2D eigenvalue weighted by molar-refractivity contribution is -0.107. The van der Waals surface area contributed by atoms with E-state index in [1.54, 1.807) is 0 Å². The zero-order chi connectivity index (χ0) is 15.2. The Labute approximate surface area is 121 Å². The molecule has 0 aromatic heterocycles. The van der Waals surface area contributed by atoms with Crippen LogP contribution in [0, 0.1) is 0 Å². The van der Waals surface area contributed by atoms with Crippen LogP contribution in [0.1, 0.15) is 59.8 Å². The largest absolute Gasteiger partial charge is 0.317 e. The molecule has 0 atom stereocenters. The number of aldehydes is 1. The minimum absolute atomic E-state index is 0.639. The molecule has 0 aliphatic carbocycles. The standard InChI is InChI=1S/C9H22N2.C4H8.C3H6O/c1-3-6-10-8-5-9-11-7-4-2;1-3-4-2;1-2-3-4/h10-11H,3-9H2,1-2H3;3H,1,4H2,2H3;3H,2H2,1H3. The minimum atomic E-state index is 0.639. The van der Waals surface area contributed by atoms with Crippen molar-refractivity contribution in [2.24, 2.45) is 0 Å². The lowest BCUT2D eigenvalue weighted by Crippen LogP contribution is -2.22. The van der Waals surface area contributed by atoms with Gasteiger partial charge in [-0.15, -0.1) is 6.58 Å². The summed E-state index contributed by atoms with van der Waals surface area (Å²) >= 11 is 0. The van der Waals surface area contributed by atoms with E-state index in [9.17, 15) is 4.79 Å². The number of hydrogen-bond acceptors (Lipinski definition) is 3. The lowest BCUT2D eigenvalue weighted by atomic mass is 10.4. The summed E-state index contributed by atoms with van der Waals surface area (Å²) in [6, 6.07) is 0. The molecule has 0 rings (SSSR count). The molecule has 3 nitrogen and oxygen atoms in total. The highest BCUT2D eigenvalue weighted by Gasteiger charge is 1.85. The first-order valence-electron chi connectivity index (χ1n) is 7.70. The van der Waals surface area contributed by atoms with Gasteiger partial charge in [-0.25, -0.2) is 0 Å². The van der Waals surface area contributed by atoms with Crippen molar-refractivity contribution in [1.82, 2.24) is 10.6 Å². The van der Waals surface area contributed by atoms with Gasteiger partial charge >= 0.3 is 0 Å². The van der Waals surface area contributed by atoms with Gasteiger partial charge < -0.3 is 15.4 Å². The maximum atomic E-state index is 9.17. The van der Waals surface area contributed by atoms with Crippen LogP contribution >= 0.6 is 0 Å². The van der Waals surface area contributed by atoms with E-state index in [2.05, 4.69) is 38.0 Å². The molecule has 0 bridgehead atoms. The Morgan fingerprint density at radius 1 is 0.842 bits per heavy atom. The van der Waals surface area contributed by atoms with Crippen LogP contribution in [0.2, 0.25) is 0 Å². The quantitative estimate of drug-likeness (QED) is 0.363. The molecule has 116 valence electrons. The van der Waals surface area contributed by atoms with Crippen LogP contribution in [-0.2, 0) is 4.79 Å². The molecule has 0 aliphatic rings. The molecule has 0 aliphatic heterocycles. The van der Waals surface area contributed by atoms with Gasteiger partial charge in [0.15, 0.2) is 0 Å². The summed E-state index contributed by atoms with van der Waals surface area (Å²) in [6.07, 6.45) is 8.20. The summed E-state index contributed by atoms with van der Waals surface area (Å²) in [7, 11) is 0. The fourth-order valence-electron chi connectivity index (χ4n) is 0.942. The fraction of sp³-hybridized carbons (Fsp3) is 0.812. The van der Waals surface area contributed by atoms with Gasteiger partial charge in [-0.3, -0.25) is 0 Å². The van der Waals surface area contributed by atoms with Gasteiger partial charge in [0.25, 0.3) is 0 Å². The highest BCUT2D eigenvalue weighted by atomic mass is 16.1. The number of hydrogen-bond donors (Lipinski definition) is 2. The average Bonchev–Trinajstić information content (AvgIpc) is 2.47. The summed E-state index contributed by atoms with van der Waals surface area (Å²) in [4.78, 5) is 9.17. The summed E-state index contributed by atoms with van der Waals surface area (Å²) in [5.74, 6) is 0. The lowest BCUT2D eigenvalue weighted by Gasteiger charge is -2.03. The molecule has 0 saturated carbocycles. The summed E-state index contributed by atoms with van der Waals surface area (Å²) in [5, 5.41) is 6.74. The van der Waals surface area contributed by atoms with Gasteiger partial charge in [-0.2, -0.15) is 0 Å². The van der Waals surface area contributed by atoms with Crippen LogP contribution in [0.3, 0.4) is 0 Å². The van der Waals surface area contributed by atoms with Crippen molar-refractivity contribution in [3.63, 3.8) is 0 Å². The second-order valence-electron chi connectivity index (χ2n) is 4.13.